The van der Waals surface area contributed by atoms with Crippen molar-refractivity contribution >= 4 is 23.2 Å². The predicted octanol–water partition coefficient (Wildman–Crippen LogP) is 4.84. The van der Waals surface area contributed by atoms with Crippen LogP contribution in [0, 0.1) is 6.92 Å². The summed E-state index contributed by atoms with van der Waals surface area (Å²) in [5, 5.41) is 2.07. The van der Waals surface area contributed by atoms with Crippen molar-refractivity contribution in [1.82, 2.24) is 9.80 Å². The van der Waals surface area contributed by atoms with Crippen LogP contribution in [0.1, 0.15) is 45.7 Å². The van der Waals surface area contributed by atoms with Crippen LogP contribution in [-0.4, -0.2) is 54.6 Å². The topological polar surface area (TPSA) is 68.3 Å². The van der Waals surface area contributed by atoms with Crippen LogP contribution in [-0.2, 0) is 11.2 Å². The molecule has 2 aliphatic heterocycles. The second kappa shape index (κ2) is 10.6. The van der Waals surface area contributed by atoms with Crippen LogP contribution in [0.5, 0.6) is 17.2 Å². The standard InChI is InChI=1S/C28H30N2O5S/c1-3-12-29(28(32)20-6-9-24-25(15-20)35-18-34-24)16-27(31)30-13-10-26-22(11-14-36-26)23(30)17-33-21-7-4-19(2)5-8-21/h4-9,11,14-15,23H,3,10,12-13,16-18H2,1-2H3/t23-/m1/s1. The van der Waals surface area contributed by atoms with Crippen LogP contribution in [0.2, 0.25) is 0 Å². The highest BCUT2D eigenvalue weighted by Crippen LogP contribution is 2.35. The highest BCUT2D eigenvalue weighted by atomic mass is 32.1. The van der Waals surface area contributed by atoms with Crippen LogP contribution >= 0.6 is 11.3 Å². The van der Waals surface area contributed by atoms with Gasteiger partial charge in [-0.1, -0.05) is 24.6 Å². The number of fused-ring (bicyclic) bond motifs is 2. The Balaban J connectivity index is 1.32. The molecule has 1 aromatic heterocycles. The van der Waals surface area contributed by atoms with Crippen molar-refractivity contribution in [2.75, 3.05) is 33.0 Å². The lowest BCUT2D eigenvalue weighted by atomic mass is 10.00. The van der Waals surface area contributed by atoms with Gasteiger partial charge in [-0.2, -0.15) is 0 Å². The van der Waals surface area contributed by atoms with E-state index >= 15 is 0 Å². The second-order valence-corrected chi connectivity index (χ2v) is 10.1. The zero-order valence-corrected chi connectivity index (χ0v) is 21.4. The summed E-state index contributed by atoms with van der Waals surface area (Å²) < 4.78 is 16.9. The van der Waals surface area contributed by atoms with Crippen molar-refractivity contribution in [3.8, 4) is 17.2 Å². The van der Waals surface area contributed by atoms with Gasteiger partial charge in [0.1, 0.15) is 18.9 Å². The molecule has 3 aromatic rings. The third-order valence-corrected chi connectivity index (χ3v) is 7.57. The van der Waals surface area contributed by atoms with Gasteiger partial charge in [0, 0.05) is 23.5 Å². The van der Waals surface area contributed by atoms with Crippen LogP contribution in [0.15, 0.2) is 53.9 Å². The van der Waals surface area contributed by atoms with Gasteiger partial charge >= 0.3 is 0 Å². The Labute approximate surface area is 215 Å². The summed E-state index contributed by atoms with van der Waals surface area (Å²) in [4.78, 5) is 31.8. The molecule has 188 valence electrons. The first-order chi connectivity index (χ1) is 17.5. The smallest absolute Gasteiger partial charge is 0.254 e. The molecule has 5 rings (SSSR count). The lowest BCUT2D eigenvalue weighted by Gasteiger charge is -2.37. The number of thiophene rings is 1. The molecule has 0 unspecified atom stereocenters. The number of benzene rings is 2. The highest BCUT2D eigenvalue weighted by molar-refractivity contribution is 7.10. The van der Waals surface area contributed by atoms with Gasteiger partial charge in [0.05, 0.1) is 6.04 Å². The number of carbonyl (C=O) groups is 2. The van der Waals surface area contributed by atoms with E-state index in [1.165, 1.54) is 10.4 Å². The Kier molecular flexibility index (Phi) is 7.13. The lowest BCUT2D eigenvalue weighted by Crippen LogP contribution is -2.48. The van der Waals surface area contributed by atoms with Crippen molar-refractivity contribution in [1.29, 1.82) is 0 Å². The number of hydrogen-bond acceptors (Lipinski definition) is 6. The van der Waals surface area contributed by atoms with Crippen molar-refractivity contribution in [3.63, 3.8) is 0 Å². The minimum Gasteiger partial charge on any atom is -0.491 e. The maximum atomic E-state index is 13.6. The fraction of sp³-hybridized carbons (Fsp3) is 0.357. The maximum absolute atomic E-state index is 13.6. The molecule has 2 amide bonds. The highest BCUT2D eigenvalue weighted by Gasteiger charge is 2.33. The summed E-state index contributed by atoms with van der Waals surface area (Å²) in [6.45, 7) is 5.66. The van der Waals surface area contributed by atoms with Gasteiger partial charge in [-0.25, -0.2) is 0 Å². The maximum Gasteiger partial charge on any atom is 0.254 e. The monoisotopic (exact) mass is 506 g/mol. The molecule has 0 bridgehead atoms. The molecule has 0 N–H and O–H groups in total. The predicted molar refractivity (Wildman–Crippen MR) is 138 cm³/mol. The van der Waals surface area contributed by atoms with Gasteiger partial charge in [0.25, 0.3) is 5.91 Å². The first kappa shape index (κ1) is 24.2. The zero-order valence-electron chi connectivity index (χ0n) is 20.6. The molecule has 2 aromatic carbocycles. The number of ether oxygens (including phenoxy) is 3. The quantitative estimate of drug-likeness (QED) is 0.437. The first-order valence-electron chi connectivity index (χ1n) is 12.3. The molecule has 2 aliphatic rings. The Morgan fingerprint density at radius 3 is 2.72 bits per heavy atom. The Hall–Kier alpha value is -3.52. The fourth-order valence-corrected chi connectivity index (χ4v) is 5.60. The van der Waals surface area contributed by atoms with Gasteiger partial charge in [0.15, 0.2) is 11.5 Å². The third kappa shape index (κ3) is 5.04. The van der Waals surface area contributed by atoms with E-state index in [1.807, 2.05) is 43.0 Å². The van der Waals surface area contributed by atoms with E-state index in [-0.39, 0.29) is 31.2 Å². The molecule has 1 atom stereocenters. The summed E-state index contributed by atoms with van der Waals surface area (Å²) >= 11 is 1.72. The molecule has 0 spiro atoms. The molecule has 36 heavy (non-hydrogen) atoms. The van der Waals surface area contributed by atoms with Crippen LogP contribution in [0.25, 0.3) is 0 Å². The molecule has 8 heteroatoms. The van der Waals surface area contributed by atoms with Gasteiger partial charge in [0.2, 0.25) is 12.7 Å². The summed E-state index contributed by atoms with van der Waals surface area (Å²) in [5.74, 6) is 1.69. The number of amides is 2. The van der Waals surface area contributed by atoms with Crippen molar-refractivity contribution in [3.05, 3.63) is 75.5 Å². The fourth-order valence-electron chi connectivity index (χ4n) is 4.67. The zero-order chi connectivity index (χ0) is 25.1. The number of aryl methyl sites for hydroxylation is 1. The third-order valence-electron chi connectivity index (χ3n) is 6.57. The molecule has 0 saturated heterocycles. The van der Waals surface area contributed by atoms with E-state index in [0.29, 0.717) is 36.8 Å². The average Bonchev–Trinajstić information content (AvgIpc) is 3.56. The van der Waals surface area contributed by atoms with Gasteiger partial charge in [-0.15, -0.1) is 11.3 Å². The summed E-state index contributed by atoms with van der Waals surface area (Å²) in [5.41, 5.74) is 2.79. The molecular formula is C28H30N2O5S. The molecule has 0 aliphatic carbocycles. The van der Waals surface area contributed by atoms with Crippen LogP contribution < -0.4 is 14.2 Å². The van der Waals surface area contributed by atoms with Crippen molar-refractivity contribution in [2.24, 2.45) is 0 Å². The van der Waals surface area contributed by atoms with E-state index < -0.39 is 0 Å². The number of rotatable bonds is 8. The molecule has 0 saturated carbocycles. The van der Waals surface area contributed by atoms with Gasteiger partial charge in [-0.3, -0.25) is 9.59 Å². The summed E-state index contributed by atoms with van der Waals surface area (Å²) in [6, 6.07) is 15.0. The largest absolute Gasteiger partial charge is 0.491 e. The van der Waals surface area contributed by atoms with Crippen molar-refractivity contribution in [2.45, 2.75) is 32.7 Å². The number of carbonyl (C=O) groups excluding carboxylic acids is 2. The van der Waals surface area contributed by atoms with E-state index in [4.69, 9.17) is 14.2 Å². The minimum atomic E-state index is -0.196. The van der Waals surface area contributed by atoms with Crippen molar-refractivity contribution < 1.29 is 23.8 Å². The lowest BCUT2D eigenvalue weighted by molar-refractivity contribution is -0.135. The van der Waals surface area contributed by atoms with E-state index in [2.05, 4.69) is 11.4 Å². The van der Waals surface area contributed by atoms with E-state index in [0.717, 1.165) is 24.2 Å². The first-order valence-corrected chi connectivity index (χ1v) is 13.2. The Morgan fingerprint density at radius 1 is 1.11 bits per heavy atom. The van der Waals surface area contributed by atoms with Gasteiger partial charge < -0.3 is 24.0 Å². The Bertz CT molecular complexity index is 1240. The summed E-state index contributed by atoms with van der Waals surface area (Å²) in [6.07, 6.45) is 1.56. The molecule has 7 nitrogen and oxygen atoms in total. The van der Waals surface area contributed by atoms with E-state index in [9.17, 15) is 9.59 Å². The molecule has 0 radical (unpaired) electrons. The van der Waals surface area contributed by atoms with Crippen LogP contribution in [0.3, 0.4) is 0 Å². The Morgan fingerprint density at radius 2 is 1.92 bits per heavy atom. The van der Waals surface area contributed by atoms with E-state index in [1.54, 1.807) is 34.4 Å². The normalized spacial score (nSPS) is 15.9. The molecule has 3 heterocycles. The van der Waals surface area contributed by atoms with Gasteiger partial charge in [-0.05, 0) is 67.1 Å². The average molecular weight is 507 g/mol. The summed E-state index contributed by atoms with van der Waals surface area (Å²) in [7, 11) is 0. The number of nitrogens with zero attached hydrogens (tertiary/aromatic N) is 2. The molecule has 0 fully saturated rings. The second-order valence-electron chi connectivity index (χ2n) is 9.07. The number of hydrogen-bond donors (Lipinski definition) is 0. The minimum absolute atomic E-state index is 0.0155. The SMILES string of the molecule is CCCN(CC(=O)N1CCc2sccc2[C@H]1COc1ccc(C)cc1)C(=O)c1ccc2c(c1)OCO2. The molecular weight excluding hydrogens is 476 g/mol. The van der Waals surface area contributed by atoms with Crippen LogP contribution in [0.4, 0.5) is 0 Å².